The van der Waals surface area contributed by atoms with Crippen LogP contribution in [-0.2, 0) is 12.8 Å². The molecule has 2 aliphatic rings. The number of rotatable bonds is 3. The monoisotopic (exact) mass is 572 g/mol. The van der Waals surface area contributed by atoms with Gasteiger partial charge in [0.05, 0.1) is 0 Å². The first-order valence-electron chi connectivity index (χ1n) is 14.8. The summed E-state index contributed by atoms with van der Waals surface area (Å²) in [5.74, 6) is 0. The van der Waals surface area contributed by atoms with Crippen LogP contribution in [-0.4, -0.2) is 0 Å². The van der Waals surface area contributed by atoms with Gasteiger partial charge in [0, 0.05) is 30.3 Å². The summed E-state index contributed by atoms with van der Waals surface area (Å²) < 4.78 is 2.78. The number of hydrogen-bond donors (Lipinski definition) is 0. The van der Waals surface area contributed by atoms with Crippen LogP contribution in [0.4, 0.5) is 0 Å². The summed E-state index contributed by atoms with van der Waals surface area (Å²) in [5.41, 5.74) is 11.5. The molecule has 0 N–H and O–H groups in total. The van der Waals surface area contributed by atoms with E-state index in [0.29, 0.717) is 5.25 Å². The molecule has 0 spiro atoms. The Balaban J connectivity index is 1.43. The zero-order chi connectivity index (χ0) is 27.6. The van der Waals surface area contributed by atoms with E-state index in [1.54, 1.807) is 0 Å². The zero-order valence-corrected chi connectivity index (χ0v) is 24.8. The van der Waals surface area contributed by atoms with Crippen LogP contribution in [0.25, 0.3) is 59.3 Å². The number of allylic oxidation sites excluding steroid dienone is 1. The molecule has 9 rings (SSSR count). The van der Waals surface area contributed by atoms with E-state index in [2.05, 4.69) is 139 Å². The molecule has 2 heteroatoms. The molecule has 0 fully saturated rings. The summed E-state index contributed by atoms with van der Waals surface area (Å²) >= 11 is 4.01. The van der Waals surface area contributed by atoms with E-state index in [-0.39, 0.29) is 0 Å². The lowest BCUT2D eigenvalue weighted by molar-refractivity contribution is 0.951. The fourth-order valence-corrected chi connectivity index (χ4v) is 9.90. The molecule has 1 aliphatic heterocycles. The minimum atomic E-state index is 0.438. The minimum Gasteiger partial charge on any atom is -0.135 e. The molecule has 2 heterocycles. The topological polar surface area (TPSA) is 0 Å². The Labute approximate surface area is 254 Å². The van der Waals surface area contributed by atoms with Crippen LogP contribution in [0, 0.1) is 0 Å². The molecule has 7 aromatic rings. The molecule has 0 nitrogen and oxygen atoms in total. The molecule has 0 radical (unpaired) electrons. The first-order valence-corrected chi connectivity index (χ1v) is 16.5. The Morgan fingerprint density at radius 2 is 1.29 bits per heavy atom. The van der Waals surface area contributed by atoms with Crippen LogP contribution in [0.5, 0.6) is 0 Å². The molecule has 42 heavy (non-hydrogen) atoms. The summed E-state index contributed by atoms with van der Waals surface area (Å²) in [5, 5.41) is 5.99. The molecule has 0 saturated carbocycles. The second-order valence-corrected chi connectivity index (χ2v) is 13.7. The van der Waals surface area contributed by atoms with Crippen molar-refractivity contribution in [3.05, 3.63) is 144 Å². The van der Waals surface area contributed by atoms with Crippen LogP contribution in [0.15, 0.2) is 126 Å². The summed E-state index contributed by atoms with van der Waals surface area (Å²) in [6, 6.07) is 42.8. The van der Waals surface area contributed by atoms with E-state index >= 15 is 0 Å². The number of fused-ring (bicyclic) bond motifs is 6. The molecule has 1 aliphatic carbocycles. The van der Waals surface area contributed by atoms with Crippen LogP contribution in [0.2, 0.25) is 0 Å². The smallest absolute Gasteiger partial charge is 0.0385 e. The van der Waals surface area contributed by atoms with Gasteiger partial charge in [-0.05, 0) is 86.7 Å². The SMILES string of the molecule is C1=Cc2c(c(-c3c4c(cc5sc6ccccc6c35)SC(c3ccccc3)C4)c3ccccc3c2-c2ccccc2)CC1. The Morgan fingerprint density at radius 1 is 0.595 bits per heavy atom. The van der Waals surface area contributed by atoms with Crippen molar-refractivity contribution in [3.63, 3.8) is 0 Å². The third-order valence-corrected chi connectivity index (χ3v) is 11.5. The molecule has 6 aromatic carbocycles. The van der Waals surface area contributed by atoms with Crippen molar-refractivity contribution in [2.45, 2.75) is 29.4 Å². The Hall–Kier alpha value is -4.11. The molecule has 0 saturated heterocycles. The van der Waals surface area contributed by atoms with E-state index in [4.69, 9.17) is 0 Å². The maximum absolute atomic E-state index is 2.50. The third kappa shape index (κ3) is 3.68. The van der Waals surface area contributed by atoms with Crippen molar-refractivity contribution in [2.75, 3.05) is 0 Å². The van der Waals surface area contributed by atoms with Gasteiger partial charge in [-0.15, -0.1) is 23.1 Å². The summed E-state index contributed by atoms with van der Waals surface area (Å²) in [6.45, 7) is 0. The highest BCUT2D eigenvalue weighted by Gasteiger charge is 2.32. The van der Waals surface area contributed by atoms with E-state index < -0.39 is 0 Å². The van der Waals surface area contributed by atoms with Crippen molar-refractivity contribution in [1.82, 2.24) is 0 Å². The van der Waals surface area contributed by atoms with Crippen molar-refractivity contribution in [1.29, 1.82) is 0 Å². The zero-order valence-electron chi connectivity index (χ0n) is 23.1. The van der Waals surface area contributed by atoms with Gasteiger partial charge in [0.15, 0.2) is 0 Å². The maximum Gasteiger partial charge on any atom is 0.0385 e. The lowest BCUT2D eigenvalue weighted by atomic mass is 9.78. The van der Waals surface area contributed by atoms with Gasteiger partial charge in [-0.1, -0.05) is 115 Å². The van der Waals surface area contributed by atoms with Crippen molar-refractivity contribution in [3.8, 4) is 22.3 Å². The number of thioether (sulfide) groups is 1. The first kappa shape index (κ1) is 24.5. The molecular formula is C40H28S2. The molecule has 1 atom stereocenters. The molecule has 0 bridgehead atoms. The quantitative estimate of drug-likeness (QED) is 0.203. The summed E-state index contributed by atoms with van der Waals surface area (Å²) in [7, 11) is 0. The molecule has 1 aromatic heterocycles. The van der Waals surface area contributed by atoms with Crippen LogP contribution in [0.3, 0.4) is 0 Å². The Kier molecular flexibility index (Phi) is 5.67. The van der Waals surface area contributed by atoms with Gasteiger partial charge in [-0.25, -0.2) is 0 Å². The Morgan fingerprint density at radius 3 is 2.10 bits per heavy atom. The standard InChI is InChI=1S/C40H28S2/c1-3-13-25(14-4-1)34-23-32-35(42-34)24-36-39(31-21-11-12-22-33(31)41-36)40(32)38-29-19-9-7-17-27(29)37(26-15-5-2-6-16-26)28-18-8-10-20-30(28)38/h1-9,11-19,21-22,24,34H,10,20,23H2. The molecule has 200 valence electrons. The van der Waals surface area contributed by atoms with Gasteiger partial charge in [-0.2, -0.15) is 0 Å². The largest absolute Gasteiger partial charge is 0.135 e. The lowest BCUT2D eigenvalue weighted by Gasteiger charge is -2.25. The predicted molar refractivity (Wildman–Crippen MR) is 184 cm³/mol. The number of thiophene rings is 1. The van der Waals surface area contributed by atoms with Crippen molar-refractivity contribution >= 4 is 60.1 Å². The van der Waals surface area contributed by atoms with E-state index in [1.807, 2.05) is 11.3 Å². The van der Waals surface area contributed by atoms with Crippen LogP contribution in [0.1, 0.15) is 33.9 Å². The minimum absolute atomic E-state index is 0.438. The maximum atomic E-state index is 2.50. The second-order valence-electron chi connectivity index (χ2n) is 11.4. The normalized spacial score (nSPS) is 15.9. The van der Waals surface area contributed by atoms with E-state index in [1.165, 1.54) is 80.3 Å². The second kappa shape index (κ2) is 9.73. The average molecular weight is 573 g/mol. The summed E-state index contributed by atoms with van der Waals surface area (Å²) in [4.78, 5) is 1.45. The molecule has 1 unspecified atom stereocenters. The first-order chi connectivity index (χ1) is 20.8. The van der Waals surface area contributed by atoms with Gasteiger partial charge < -0.3 is 0 Å². The van der Waals surface area contributed by atoms with Crippen molar-refractivity contribution < 1.29 is 0 Å². The fraction of sp³-hybridized carbons (Fsp3) is 0.100. The van der Waals surface area contributed by atoms with E-state index in [9.17, 15) is 0 Å². The fourth-order valence-electron chi connectivity index (χ4n) is 7.31. The molecule has 0 amide bonds. The average Bonchev–Trinajstić information content (AvgIpc) is 3.65. The van der Waals surface area contributed by atoms with E-state index in [0.717, 1.165) is 19.3 Å². The lowest BCUT2D eigenvalue weighted by Crippen LogP contribution is -2.04. The highest BCUT2D eigenvalue weighted by Crippen LogP contribution is 2.56. The van der Waals surface area contributed by atoms with Gasteiger partial charge in [-0.3, -0.25) is 0 Å². The van der Waals surface area contributed by atoms with Crippen molar-refractivity contribution in [2.24, 2.45) is 0 Å². The van der Waals surface area contributed by atoms with Gasteiger partial charge >= 0.3 is 0 Å². The highest BCUT2D eigenvalue weighted by atomic mass is 32.2. The Bertz CT molecular complexity index is 2190. The van der Waals surface area contributed by atoms with Gasteiger partial charge in [0.1, 0.15) is 0 Å². The highest BCUT2D eigenvalue weighted by molar-refractivity contribution is 8.00. The number of benzene rings is 6. The number of hydrogen-bond acceptors (Lipinski definition) is 2. The van der Waals surface area contributed by atoms with Gasteiger partial charge in [0.2, 0.25) is 0 Å². The third-order valence-electron chi connectivity index (χ3n) is 9.08. The van der Waals surface area contributed by atoms with Crippen LogP contribution >= 0.6 is 23.1 Å². The van der Waals surface area contributed by atoms with Gasteiger partial charge in [0.25, 0.3) is 0 Å². The predicted octanol–water partition coefficient (Wildman–Crippen LogP) is 11.9. The van der Waals surface area contributed by atoms with Crippen LogP contribution < -0.4 is 0 Å². The summed E-state index contributed by atoms with van der Waals surface area (Å²) in [6.07, 6.45) is 7.98. The molecular weight excluding hydrogens is 545 g/mol.